The fraction of sp³-hybridized carbons (Fsp3) is 0.600. The SMILES string of the molecule is C=CCN(C)C.C=CCN(C)C.C=CCN(C)C.CC1=[C-]C(C)(C)C(C)=C1C.[Ti]. The van der Waals surface area contributed by atoms with Gasteiger partial charge < -0.3 is 14.7 Å². The van der Waals surface area contributed by atoms with Gasteiger partial charge in [0.25, 0.3) is 0 Å². The van der Waals surface area contributed by atoms with Crippen molar-refractivity contribution in [2.75, 3.05) is 61.9 Å². The molecule has 0 aliphatic heterocycles. The van der Waals surface area contributed by atoms with Gasteiger partial charge in [-0.1, -0.05) is 51.3 Å². The summed E-state index contributed by atoms with van der Waals surface area (Å²) in [5.74, 6) is 0. The van der Waals surface area contributed by atoms with Crippen LogP contribution in [0.15, 0.2) is 54.7 Å². The summed E-state index contributed by atoms with van der Waals surface area (Å²) in [6.45, 7) is 24.5. The van der Waals surface area contributed by atoms with E-state index in [1.807, 2.05) is 60.5 Å². The van der Waals surface area contributed by atoms with E-state index >= 15 is 0 Å². The maximum atomic E-state index is 3.56. The van der Waals surface area contributed by atoms with E-state index in [4.69, 9.17) is 0 Å². The van der Waals surface area contributed by atoms with Crippen LogP contribution < -0.4 is 0 Å². The monoisotopic (exact) mass is 438 g/mol. The minimum atomic E-state index is 0. The van der Waals surface area contributed by atoms with Crippen molar-refractivity contribution in [3.63, 3.8) is 0 Å². The first-order valence-electron chi connectivity index (χ1n) is 9.83. The molecule has 0 fully saturated rings. The van der Waals surface area contributed by atoms with Gasteiger partial charge in [0.05, 0.1) is 0 Å². The molecule has 1 rings (SSSR count). The molecule has 0 saturated carbocycles. The largest absolute Gasteiger partial charge is 0.306 e. The zero-order valence-electron chi connectivity index (χ0n) is 21.3. The Morgan fingerprint density at radius 3 is 1.03 bits per heavy atom. The molecule has 4 heteroatoms. The Morgan fingerprint density at radius 2 is 1.00 bits per heavy atom. The molecule has 3 nitrogen and oxygen atoms in total. The van der Waals surface area contributed by atoms with Crippen molar-refractivity contribution < 1.29 is 21.7 Å². The van der Waals surface area contributed by atoms with Crippen molar-refractivity contribution >= 4 is 0 Å². The summed E-state index contributed by atoms with van der Waals surface area (Å²) in [6, 6.07) is 0. The van der Waals surface area contributed by atoms with Gasteiger partial charge >= 0.3 is 0 Å². The molecule has 0 aromatic rings. The van der Waals surface area contributed by atoms with Gasteiger partial charge in [0.2, 0.25) is 0 Å². The van der Waals surface area contributed by atoms with Gasteiger partial charge in [-0.15, -0.1) is 26.7 Å². The zero-order chi connectivity index (χ0) is 22.9. The molecular weight excluding hydrogens is 390 g/mol. The Kier molecular flexibility index (Phi) is 25.3. The van der Waals surface area contributed by atoms with Crippen LogP contribution in [-0.2, 0) is 21.7 Å². The third-order valence-electron chi connectivity index (χ3n) is 4.05. The van der Waals surface area contributed by atoms with Crippen LogP contribution in [0.3, 0.4) is 0 Å². The second-order valence-corrected chi connectivity index (χ2v) is 8.28. The molecule has 0 spiro atoms. The molecular formula is C25H48N3Ti-. The standard InChI is InChI=1S/C10H15.3C5H11N.Ti/c1-7-6-10(4,5)9(3)8(7)2;3*1-4-5-6(2)3;/h1-5H3;3*4H,1,5H2,2-3H3;/q-1;;;;. The molecule has 0 heterocycles. The molecule has 0 aromatic carbocycles. The first-order valence-corrected chi connectivity index (χ1v) is 9.83. The molecule has 168 valence electrons. The Balaban J connectivity index is -0.000000147. The number of rotatable bonds is 6. The predicted octanol–water partition coefficient (Wildman–Crippen LogP) is 5.31. The zero-order valence-corrected chi connectivity index (χ0v) is 22.9. The van der Waals surface area contributed by atoms with Gasteiger partial charge in [-0.25, -0.2) is 5.57 Å². The summed E-state index contributed by atoms with van der Waals surface area (Å²) in [5, 5.41) is 0. The van der Waals surface area contributed by atoms with Gasteiger partial charge in [0.1, 0.15) is 0 Å². The minimum absolute atomic E-state index is 0. The normalized spacial score (nSPS) is 13.8. The molecule has 0 aromatic heterocycles. The van der Waals surface area contributed by atoms with Gasteiger partial charge in [0, 0.05) is 41.4 Å². The average molecular weight is 439 g/mol. The van der Waals surface area contributed by atoms with Crippen LogP contribution in [0.2, 0.25) is 0 Å². The van der Waals surface area contributed by atoms with Crippen LogP contribution in [0.4, 0.5) is 0 Å². The summed E-state index contributed by atoms with van der Waals surface area (Å²) < 4.78 is 0. The van der Waals surface area contributed by atoms with Gasteiger partial charge in [-0.2, -0.15) is 11.1 Å². The molecule has 0 bridgehead atoms. The van der Waals surface area contributed by atoms with Crippen LogP contribution in [0.5, 0.6) is 0 Å². The fourth-order valence-electron chi connectivity index (χ4n) is 2.18. The summed E-state index contributed by atoms with van der Waals surface area (Å²) >= 11 is 0. The van der Waals surface area contributed by atoms with Crippen LogP contribution in [0.25, 0.3) is 0 Å². The van der Waals surface area contributed by atoms with Gasteiger partial charge in [0.15, 0.2) is 0 Å². The number of likely N-dealkylation sites (N-methyl/N-ethyl adjacent to an activating group) is 3. The van der Waals surface area contributed by atoms with E-state index in [1.54, 1.807) is 0 Å². The van der Waals surface area contributed by atoms with E-state index in [9.17, 15) is 0 Å². The Bertz CT molecular complexity index is 465. The van der Waals surface area contributed by atoms with E-state index in [0.29, 0.717) is 0 Å². The maximum absolute atomic E-state index is 3.56. The van der Waals surface area contributed by atoms with Gasteiger partial charge in [-0.05, 0) is 42.3 Å². The summed E-state index contributed by atoms with van der Waals surface area (Å²) in [5.41, 5.74) is 4.39. The summed E-state index contributed by atoms with van der Waals surface area (Å²) in [4.78, 5) is 6.19. The Labute approximate surface area is 198 Å². The molecule has 1 aliphatic rings. The van der Waals surface area contributed by atoms with E-state index in [2.05, 4.69) is 75.1 Å². The first-order chi connectivity index (χ1) is 12.8. The van der Waals surface area contributed by atoms with Crippen molar-refractivity contribution in [3.8, 4) is 0 Å². The molecule has 0 amide bonds. The smallest absolute Gasteiger partial charge is 0.0154 e. The molecule has 0 saturated heterocycles. The molecule has 0 radical (unpaired) electrons. The topological polar surface area (TPSA) is 9.72 Å². The minimum Gasteiger partial charge on any atom is -0.306 e. The molecule has 1 aliphatic carbocycles. The maximum Gasteiger partial charge on any atom is 0.0154 e. The summed E-state index contributed by atoms with van der Waals surface area (Å²) in [7, 11) is 12.1. The summed E-state index contributed by atoms with van der Waals surface area (Å²) in [6.07, 6.45) is 9.06. The number of hydrogen-bond donors (Lipinski definition) is 0. The number of allylic oxidation sites excluding steroid dienone is 4. The Hall–Kier alpha value is -0.706. The van der Waals surface area contributed by atoms with E-state index in [-0.39, 0.29) is 27.1 Å². The third-order valence-corrected chi connectivity index (χ3v) is 4.05. The van der Waals surface area contributed by atoms with Crippen LogP contribution in [0, 0.1) is 11.5 Å². The first kappa shape index (κ1) is 35.7. The van der Waals surface area contributed by atoms with Crippen LogP contribution >= 0.6 is 0 Å². The van der Waals surface area contributed by atoms with Crippen LogP contribution in [-0.4, -0.2) is 76.6 Å². The van der Waals surface area contributed by atoms with E-state index in [1.165, 1.54) is 16.7 Å². The molecule has 0 atom stereocenters. The van der Waals surface area contributed by atoms with Crippen molar-refractivity contribution in [2.24, 2.45) is 5.41 Å². The molecule has 0 N–H and O–H groups in total. The number of nitrogens with zero attached hydrogens (tertiary/aromatic N) is 3. The second kappa shape index (κ2) is 20.6. The average Bonchev–Trinajstić information content (AvgIpc) is 2.71. The predicted molar refractivity (Wildman–Crippen MR) is 131 cm³/mol. The Morgan fingerprint density at radius 1 is 0.724 bits per heavy atom. The van der Waals surface area contributed by atoms with Crippen LogP contribution in [0.1, 0.15) is 34.6 Å². The molecule has 29 heavy (non-hydrogen) atoms. The quantitative estimate of drug-likeness (QED) is 0.316. The van der Waals surface area contributed by atoms with E-state index < -0.39 is 0 Å². The third kappa shape index (κ3) is 23.4. The molecule has 0 unspecified atom stereocenters. The van der Waals surface area contributed by atoms with Crippen molar-refractivity contribution in [1.82, 2.24) is 14.7 Å². The van der Waals surface area contributed by atoms with Crippen molar-refractivity contribution in [1.29, 1.82) is 0 Å². The number of hydrogen-bond acceptors (Lipinski definition) is 3. The second-order valence-electron chi connectivity index (χ2n) is 8.28. The van der Waals surface area contributed by atoms with Gasteiger partial charge in [-0.3, -0.25) is 6.08 Å². The van der Waals surface area contributed by atoms with E-state index in [0.717, 1.165) is 19.6 Å². The fourth-order valence-corrected chi connectivity index (χ4v) is 2.18. The van der Waals surface area contributed by atoms with Crippen molar-refractivity contribution in [3.05, 3.63) is 60.8 Å². The van der Waals surface area contributed by atoms with Crippen molar-refractivity contribution in [2.45, 2.75) is 34.6 Å².